The minimum absolute atomic E-state index is 0.0813. The van der Waals surface area contributed by atoms with E-state index >= 15 is 0 Å². The maximum absolute atomic E-state index is 12.3. The van der Waals surface area contributed by atoms with Gasteiger partial charge in [-0.25, -0.2) is 18.1 Å². The lowest BCUT2D eigenvalue weighted by molar-refractivity contribution is 0.296. The first-order valence-corrected chi connectivity index (χ1v) is 8.13. The van der Waals surface area contributed by atoms with Gasteiger partial charge in [-0.15, -0.1) is 0 Å². The van der Waals surface area contributed by atoms with E-state index in [1.54, 1.807) is 0 Å². The second kappa shape index (κ2) is 6.31. The van der Waals surface area contributed by atoms with Crippen LogP contribution in [-0.4, -0.2) is 26.0 Å². The monoisotopic (exact) mass is 294 g/mol. The highest BCUT2D eigenvalue weighted by Crippen LogP contribution is 2.25. The second-order valence-corrected chi connectivity index (χ2v) is 6.71. The van der Waals surface area contributed by atoms with Crippen molar-refractivity contribution in [1.29, 1.82) is 5.26 Å². The predicted octanol–water partition coefficient (Wildman–Crippen LogP) is 0.749. The molecule has 2 rings (SSSR count). The molecular weight excluding hydrogens is 276 g/mol. The molecule has 0 radical (unpaired) electrons. The molecule has 2 atom stereocenters. The summed E-state index contributed by atoms with van der Waals surface area (Å²) in [5.41, 5.74) is 5.90. The van der Waals surface area contributed by atoms with Crippen molar-refractivity contribution in [2.75, 3.05) is 6.54 Å². The summed E-state index contributed by atoms with van der Waals surface area (Å²) in [6.07, 6.45) is 5.08. The molecule has 0 bridgehead atoms. The van der Waals surface area contributed by atoms with Gasteiger partial charge in [0.2, 0.25) is 10.0 Å². The Labute approximate surface area is 119 Å². The van der Waals surface area contributed by atoms with E-state index in [-0.39, 0.29) is 22.5 Å². The van der Waals surface area contributed by atoms with Crippen LogP contribution < -0.4 is 10.5 Å². The Hall–Kier alpha value is -1.49. The maximum Gasteiger partial charge on any atom is 0.242 e. The molecule has 0 aliphatic heterocycles. The Morgan fingerprint density at radius 3 is 2.75 bits per heavy atom. The van der Waals surface area contributed by atoms with Crippen LogP contribution in [0.3, 0.4) is 0 Å². The summed E-state index contributed by atoms with van der Waals surface area (Å²) >= 11 is 0. The Morgan fingerprint density at radius 1 is 1.40 bits per heavy atom. The zero-order chi connectivity index (χ0) is 14.6. The van der Waals surface area contributed by atoms with Gasteiger partial charge in [0.1, 0.15) is 16.7 Å². The lowest BCUT2D eigenvalue weighted by Crippen LogP contribution is -2.44. The Kier molecular flexibility index (Phi) is 4.70. The molecule has 1 aromatic heterocycles. The van der Waals surface area contributed by atoms with Crippen molar-refractivity contribution < 1.29 is 8.42 Å². The van der Waals surface area contributed by atoms with Crippen LogP contribution in [0.4, 0.5) is 0 Å². The summed E-state index contributed by atoms with van der Waals surface area (Å²) in [5.74, 6) is 0.185. The van der Waals surface area contributed by atoms with Crippen molar-refractivity contribution in [3.05, 3.63) is 24.0 Å². The molecule has 7 heteroatoms. The highest BCUT2D eigenvalue weighted by molar-refractivity contribution is 7.89. The highest BCUT2D eigenvalue weighted by atomic mass is 32.2. The van der Waals surface area contributed by atoms with Crippen molar-refractivity contribution in [1.82, 2.24) is 9.71 Å². The molecule has 20 heavy (non-hydrogen) atoms. The Bertz CT molecular complexity index is 592. The minimum atomic E-state index is -3.61. The molecule has 6 nitrogen and oxygen atoms in total. The van der Waals surface area contributed by atoms with Gasteiger partial charge >= 0.3 is 0 Å². The summed E-state index contributed by atoms with van der Waals surface area (Å²) in [5, 5.41) is 8.67. The van der Waals surface area contributed by atoms with Gasteiger partial charge in [-0.1, -0.05) is 12.8 Å². The molecule has 0 spiro atoms. The number of pyridine rings is 1. The number of sulfonamides is 1. The first kappa shape index (κ1) is 14.9. The van der Waals surface area contributed by atoms with Gasteiger partial charge in [-0.2, -0.15) is 5.26 Å². The third-order valence-electron chi connectivity index (χ3n) is 3.68. The number of nitriles is 1. The number of nitrogens with zero attached hydrogens (tertiary/aromatic N) is 2. The molecule has 2 unspecified atom stereocenters. The molecule has 1 saturated carbocycles. The fourth-order valence-electron chi connectivity index (χ4n) is 2.52. The standard InChI is InChI=1S/C13H18N4O2S/c14-7-10-3-1-2-4-13(10)17-20(18,19)12-6-5-11(8-15)16-9-12/h5-6,9-10,13,17H,1-4,7,14H2. The van der Waals surface area contributed by atoms with Gasteiger partial charge < -0.3 is 5.73 Å². The van der Waals surface area contributed by atoms with E-state index in [4.69, 9.17) is 11.0 Å². The van der Waals surface area contributed by atoms with E-state index in [0.717, 1.165) is 25.7 Å². The number of hydrogen-bond donors (Lipinski definition) is 2. The van der Waals surface area contributed by atoms with E-state index < -0.39 is 10.0 Å². The van der Waals surface area contributed by atoms with E-state index in [0.29, 0.717) is 6.54 Å². The molecule has 3 N–H and O–H groups in total. The molecule has 0 saturated heterocycles. The number of nitrogens with two attached hydrogens (primary N) is 1. The van der Waals surface area contributed by atoms with Crippen LogP contribution in [0.15, 0.2) is 23.2 Å². The topological polar surface area (TPSA) is 109 Å². The van der Waals surface area contributed by atoms with Crippen molar-refractivity contribution in [2.45, 2.75) is 36.6 Å². The highest BCUT2D eigenvalue weighted by Gasteiger charge is 2.28. The summed E-state index contributed by atoms with van der Waals surface area (Å²) in [7, 11) is -3.61. The van der Waals surface area contributed by atoms with Gasteiger partial charge in [-0.05, 0) is 37.4 Å². The molecule has 0 aromatic carbocycles. The smallest absolute Gasteiger partial charge is 0.242 e. The largest absolute Gasteiger partial charge is 0.330 e. The van der Waals surface area contributed by atoms with Crippen LogP contribution in [-0.2, 0) is 10.0 Å². The fourth-order valence-corrected chi connectivity index (χ4v) is 3.80. The van der Waals surface area contributed by atoms with Crippen LogP contribution >= 0.6 is 0 Å². The van der Waals surface area contributed by atoms with E-state index in [2.05, 4.69) is 9.71 Å². The molecule has 1 aliphatic rings. The fraction of sp³-hybridized carbons (Fsp3) is 0.538. The number of aromatic nitrogens is 1. The molecule has 1 aromatic rings. The Balaban J connectivity index is 2.15. The van der Waals surface area contributed by atoms with Gasteiger partial charge in [-0.3, -0.25) is 0 Å². The summed E-state index contributed by atoms with van der Waals surface area (Å²) < 4.78 is 27.3. The van der Waals surface area contributed by atoms with Crippen LogP contribution in [0, 0.1) is 17.2 Å². The average molecular weight is 294 g/mol. The van der Waals surface area contributed by atoms with Gasteiger partial charge in [0.25, 0.3) is 0 Å². The quantitative estimate of drug-likeness (QED) is 0.851. The molecule has 0 amide bonds. The summed E-state index contributed by atoms with van der Waals surface area (Å²) in [4.78, 5) is 3.87. The molecule has 1 heterocycles. The minimum Gasteiger partial charge on any atom is -0.330 e. The van der Waals surface area contributed by atoms with Crippen molar-refractivity contribution in [2.24, 2.45) is 11.7 Å². The SMILES string of the molecule is N#Cc1ccc(S(=O)(=O)NC2CCCCC2CN)cn1. The van der Waals surface area contributed by atoms with Crippen LogP contribution in [0.5, 0.6) is 0 Å². The third kappa shape index (κ3) is 3.33. The first-order chi connectivity index (χ1) is 9.56. The van der Waals surface area contributed by atoms with E-state index in [9.17, 15) is 8.42 Å². The normalized spacial score (nSPS) is 23.2. The molecule has 108 valence electrons. The average Bonchev–Trinajstić information content (AvgIpc) is 2.47. The molecule has 1 fully saturated rings. The lowest BCUT2D eigenvalue weighted by atomic mass is 9.85. The van der Waals surface area contributed by atoms with E-state index in [1.807, 2.05) is 6.07 Å². The molecule has 1 aliphatic carbocycles. The van der Waals surface area contributed by atoms with E-state index in [1.165, 1.54) is 18.3 Å². The van der Waals surface area contributed by atoms with Gasteiger partial charge in [0, 0.05) is 12.2 Å². The predicted molar refractivity (Wildman–Crippen MR) is 74.1 cm³/mol. The number of rotatable bonds is 4. The van der Waals surface area contributed by atoms with Crippen molar-refractivity contribution in [3.63, 3.8) is 0 Å². The third-order valence-corrected chi connectivity index (χ3v) is 5.15. The Morgan fingerprint density at radius 2 is 2.15 bits per heavy atom. The lowest BCUT2D eigenvalue weighted by Gasteiger charge is -2.30. The number of nitrogens with one attached hydrogen (secondary N) is 1. The zero-order valence-corrected chi connectivity index (χ0v) is 11.9. The van der Waals surface area contributed by atoms with Gasteiger partial charge in [0.05, 0.1) is 0 Å². The summed E-state index contributed by atoms with van der Waals surface area (Å²) in [6.45, 7) is 0.485. The van der Waals surface area contributed by atoms with Gasteiger partial charge in [0.15, 0.2) is 0 Å². The van der Waals surface area contributed by atoms with Crippen LogP contribution in [0.1, 0.15) is 31.4 Å². The van der Waals surface area contributed by atoms with Crippen molar-refractivity contribution >= 4 is 10.0 Å². The van der Waals surface area contributed by atoms with Crippen molar-refractivity contribution in [3.8, 4) is 6.07 Å². The first-order valence-electron chi connectivity index (χ1n) is 6.65. The van der Waals surface area contributed by atoms with Crippen LogP contribution in [0.2, 0.25) is 0 Å². The number of hydrogen-bond acceptors (Lipinski definition) is 5. The molecular formula is C13H18N4O2S. The second-order valence-electron chi connectivity index (χ2n) is 5.00. The maximum atomic E-state index is 12.3. The zero-order valence-electron chi connectivity index (χ0n) is 11.1. The van der Waals surface area contributed by atoms with Crippen LogP contribution in [0.25, 0.3) is 0 Å². The summed E-state index contributed by atoms with van der Waals surface area (Å²) in [6, 6.07) is 4.54.